The number of benzene rings is 1. The van der Waals surface area contributed by atoms with Crippen molar-refractivity contribution in [3.63, 3.8) is 0 Å². The van der Waals surface area contributed by atoms with E-state index in [1.807, 2.05) is 0 Å². The summed E-state index contributed by atoms with van der Waals surface area (Å²) >= 11 is 0. The van der Waals surface area contributed by atoms with E-state index in [1.165, 1.54) is 0 Å². The van der Waals surface area contributed by atoms with Crippen LogP contribution in [-0.2, 0) is 19.8 Å². The monoisotopic (exact) mass is 256 g/mol. The van der Waals surface area contributed by atoms with E-state index in [2.05, 4.69) is 0 Å². The molecule has 0 bridgehead atoms. The lowest BCUT2D eigenvalue weighted by Gasteiger charge is -2.16. The van der Waals surface area contributed by atoms with Crippen molar-refractivity contribution in [2.75, 3.05) is 13.2 Å². The SMILES string of the molecule is CCOP(=O)(Cc1cccc(C=O)c1)OCC. The van der Waals surface area contributed by atoms with Crippen LogP contribution >= 0.6 is 7.60 Å². The minimum absolute atomic E-state index is 0.191. The van der Waals surface area contributed by atoms with E-state index in [9.17, 15) is 9.36 Å². The lowest BCUT2D eigenvalue weighted by Crippen LogP contribution is -1.99. The summed E-state index contributed by atoms with van der Waals surface area (Å²) < 4.78 is 22.6. The van der Waals surface area contributed by atoms with Crippen LogP contribution in [0, 0.1) is 0 Å². The lowest BCUT2D eigenvalue weighted by molar-refractivity contribution is 0.112. The molecule has 1 aromatic rings. The molecule has 0 aliphatic heterocycles. The van der Waals surface area contributed by atoms with Gasteiger partial charge >= 0.3 is 7.60 Å². The molecule has 0 saturated carbocycles. The highest BCUT2D eigenvalue weighted by Crippen LogP contribution is 2.51. The Morgan fingerprint density at radius 3 is 2.41 bits per heavy atom. The molecule has 94 valence electrons. The van der Waals surface area contributed by atoms with Gasteiger partial charge in [0.1, 0.15) is 6.29 Å². The molecule has 0 unspecified atom stereocenters. The van der Waals surface area contributed by atoms with Crippen molar-refractivity contribution in [2.45, 2.75) is 20.0 Å². The zero-order chi connectivity index (χ0) is 12.7. The smallest absolute Gasteiger partial charge is 0.309 e. The Morgan fingerprint density at radius 1 is 1.24 bits per heavy atom. The number of hydrogen-bond acceptors (Lipinski definition) is 4. The predicted molar refractivity (Wildman–Crippen MR) is 66.4 cm³/mol. The number of aldehydes is 1. The van der Waals surface area contributed by atoms with Crippen molar-refractivity contribution in [1.82, 2.24) is 0 Å². The summed E-state index contributed by atoms with van der Waals surface area (Å²) in [6.07, 6.45) is 0.951. The summed E-state index contributed by atoms with van der Waals surface area (Å²) in [7, 11) is -3.09. The fourth-order valence-corrected chi connectivity index (χ4v) is 3.20. The number of rotatable bonds is 7. The first kappa shape index (κ1) is 14.1. The highest BCUT2D eigenvalue weighted by molar-refractivity contribution is 7.53. The second-order valence-electron chi connectivity index (χ2n) is 3.47. The molecular formula is C12H17O4P. The Labute approximate surface area is 101 Å². The van der Waals surface area contributed by atoms with E-state index >= 15 is 0 Å². The zero-order valence-corrected chi connectivity index (χ0v) is 11.0. The molecular weight excluding hydrogens is 239 g/mol. The average molecular weight is 256 g/mol. The number of carbonyl (C=O) groups excluding carboxylic acids is 1. The van der Waals surface area contributed by atoms with Crippen LogP contribution in [0.2, 0.25) is 0 Å². The molecule has 17 heavy (non-hydrogen) atoms. The Bertz CT molecular complexity index is 407. The minimum Gasteiger partial charge on any atom is -0.309 e. The third-order valence-corrected chi connectivity index (χ3v) is 4.17. The highest BCUT2D eigenvalue weighted by Gasteiger charge is 2.23. The molecule has 0 aromatic heterocycles. The second-order valence-corrected chi connectivity index (χ2v) is 5.52. The van der Waals surface area contributed by atoms with Gasteiger partial charge in [0.05, 0.1) is 19.4 Å². The zero-order valence-electron chi connectivity index (χ0n) is 10.1. The van der Waals surface area contributed by atoms with E-state index in [1.54, 1.807) is 38.1 Å². The predicted octanol–water partition coefficient (Wildman–Crippen LogP) is 3.27. The van der Waals surface area contributed by atoms with Gasteiger partial charge in [-0.15, -0.1) is 0 Å². The molecule has 0 saturated heterocycles. The standard InChI is InChI=1S/C12H17O4P/c1-3-15-17(14,16-4-2)10-12-7-5-6-11(8-12)9-13/h5-9H,3-4,10H2,1-2H3. The summed E-state index contributed by atoms with van der Waals surface area (Å²) in [6.45, 7) is 4.22. The summed E-state index contributed by atoms with van der Waals surface area (Å²) in [4.78, 5) is 10.6. The van der Waals surface area contributed by atoms with E-state index in [0.29, 0.717) is 18.8 Å². The van der Waals surface area contributed by atoms with Crippen molar-refractivity contribution >= 4 is 13.9 Å². The van der Waals surface area contributed by atoms with Crippen LogP contribution < -0.4 is 0 Å². The van der Waals surface area contributed by atoms with Gasteiger partial charge in [-0.25, -0.2) is 0 Å². The average Bonchev–Trinajstić information content (AvgIpc) is 2.29. The Hall–Kier alpha value is -0.960. The third-order valence-electron chi connectivity index (χ3n) is 2.11. The lowest BCUT2D eigenvalue weighted by atomic mass is 10.2. The molecule has 0 radical (unpaired) electrons. The van der Waals surface area contributed by atoms with Crippen molar-refractivity contribution in [3.05, 3.63) is 35.4 Å². The Balaban J connectivity index is 2.85. The normalized spacial score (nSPS) is 11.4. The molecule has 0 heterocycles. The van der Waals surface area contributed by atoms with Gasteiger partial charge < -0.3 is 9.05 Å². The van der Waals surface area contributed by atoms with Gasteiger partial charge in [-0.05, 0) is 25.5 Å². The maximum atomic E-state index is 12.2. The van der Waals surface area contributed by atoms with Gasteiger partial charge in [0, 0.05) is 5.56 Å². The van der Waals surface area contributed by atoms with Gasteiger partial charge in [0.2, 0.25) is 0 Å². The molecule has 0 fully saturated rings. The molecule has 1 aromatic carbocycles. The number of carbonyl (C=O) groups is 1. The van der Waals surface area contributed by atoms with E-state index in [-0.39, 0.29) is 6.16 Å². The number of hydrogen-bond donors (Lipinski definition) is 0. The van der Waals surface area contributed by atoms with Gasteiger partial charge in [0.15, 0.2) is 0 Å². The van der Waals surface area contributed by atoms with Crippen molar-refractivity contribution in [2.24, 2.45) is 0 Å². The molecule has 0 atom stereocenters. The molecule has 0 aliphatic carbocycles. The molecule has 0 amide bonds. The molecule has 1 rings (SSSR count). The molecule has 5 heteroatoms. The minimum atomic E-state index is -3.09. The van der Waals surface area contributed by atoms with Gasteiger partial charge in [0.25, 0.3) is 0 Å². The molecule has 4 nitrogen and oxygen atoms in total. The maximum absolute atomic E-state index is 12.2. The van der Waals surface area contributed by atoms with Crippen LogP contribution in [0.4, 0.5) is 0 Å². The fraction of sp³-hybridized carbons (Fsp3) is 0.417. The van der Waals surface area contributed by atoms with Gasteiger partial charge in [-0.3, -0.25) is 9.36 Å². The largest absolute Gasteiger partial charge is 0.335 e. The quantitative estimate of drug-likeness (QED) is 0.555. The molecule has 0 N–H and O–H groups in total. The second kappa shape index (κ2) is 6.70. The van der Waals surface area contributed by atoms with Crippen LogP contribution in [0.1, 0.15) is 29.8 Å². The topological polar surface area (TPSA) is 52.6 Å². The maximum Gasteiger partial charge on any atom is 0.335 e. The van der Waals surface area contributed by atoms with Crippen LogP contribution in [0.25, 0.3) is 0 Å². The summed E-state index contributed by atoms with van der Waals surface area (Å²) in [5.74, 6) is 0. The van der Waals surface area contributed by atoms with Crippen molar-refractivity contribution < 1.29 is 18.4 Å². The molecule has 0 spiro atoms. The summed E-state index contributed by atoms with van der Waals surface area (Å²) in [6, 6.07) is 6.94. The van der Waals surface area contributed by atoms with E-state index in [0.717, 1.165) is 11.8 Å². The first-order valence-corrected chi connectivity index (χ1v) is 7.28. The van der Waals surface area contributed by atoms with Crippen LogP contribution in [0.3, 0.4) is 0 Å². The fourth-order valence-electron chi connectivity index (χ4n) is 1.51. The third kappa shape index (κ3) is 4.43. The van der Waals surface area contributed by atoms with Gasteiger partial charge in [-0.2, -0.15) is 0 Å². The Morgan fingerprint density at radius 2 is 1.88 bits per heavy atom. The molecule has 0 aliphatic rings. The van der Waals surface area contributed by atoms with Crippen molar-refractivity contribution in [1.29, 1.82) is 0 Å². The first-order chi connectivity index (χ1) is 8.13. The van der Waals surface area contributed by atoms with Crippen LogP contribution in [-0.4, -0.2) is 19.5 Å². The van der Waals surface area contributed by atoms with E-state index in [4.69, 9.17) is 9.05 Å². The highest BCUT2D eigenvalue weighted by atomic mass is 31.2. The van der Waals surface area contributed by atoms with Crippen molar-refractivity contribution in [3.8, 4) is 0 Å². The first-order valence-electron chi connectivity index (χ1n) is 5.55. The van der Waals surface area contributed by atoms with Crippen LogP contribution in [0.5, 0.6) is 0 Å². The van der Waals surface area contributed by atoms with Gasteiger partial charge in [-0.1, -0.05) is 18.2 Å². The summed E-state index contributed by atoms with van der Waals surface area (Å²) in [5.41, 5.74) is 1.34. The van der Waals surface area contributed by atoms with Crippen LogP contribution in [0.15, 0.2) is 24.3 Å². The summed E-state index contributed by atoms with van der Waals surface area (Å²) in [5, 5.41) is 0. The Kier molecular flexibility index (Phi) is 5.56. The van der Waals surface area contributed by atoms with E-state index < -0.39 is 7.60 Å².